The van der Waals surface area contributed by atoms with E-state index in [1.807, 2.05) is 18.7 Å². The molecule has 0 aliphatic heterocycles. The van der Waals surface area contributed by atoms with E-state index in [2.05, 4.69) is 40.5 Å². The average molecular weight is 319 g/mol. The van der Waals surface area contributed by atoms with Crippen molar-refractivity contribution in [3.05, 3.63) is 40.9 Å². The largest absolute Gasteiger partial charge is 0.330 e. The summed E-state index contributed by atoms with van der Waals surface area (Å²) in [6.45, 7) is 2.78. The van der Waals surface area contributed by atoms with Crippen LogP contribution in [-0.4, -0.2) is 22.0 Å². The fourth-order valence-electron chi connectivity index (χ4n) is 3.09. The molecule has 3 rings (SSSR count). The van der Waals surface area contributed by atoms with Crippen LogP contribution >= 0.6 is 23.1 Å². The Balaban J connectivity index is 1.72. The van der Waals surface area contributed by atoms with Crippen LogP contribution in [0, 0.1) is 12.8 Å². The zero-order chi connectivity index (χ0) is 14.7. The third kappa shape index (κ3) is 3.65. The molecule has 1 heterocycles. The van der Waals surface area contributed by atoms with Gasteiger partial charge in [-0.2, -0.15) is 0 Å². The molecular formula is C16H21N3S2. The first-order chi connectivity index (χ1) is 10.3. The van der Waals surface area contributed by atoms with Gasteiger partial charge in [0.1, 0.15) is 5.01 Å². The summed E-state index contributed by atoms with van der Waals surface area (Å²) in [5, 5.41) is 9.99. The molecule has 0 saturated heterocycles. The van der Waals surface area contributed by atoms with Gasteiger partial charge in [0.15, 0.2) is 4.34 Å². The van der Waals surface area contributed by atoms with Gasteiger partial charge in [0.05, 0.1) is 0 Å². The van der Waals surface area contributed by atoms with Crippen molar-refractivity contribution >= 4 is 23.1 Å². The minimum atomic E-state index is 0.557. The topological polar surface area (TPSA) is 51.8 Å². The Morgan fingerprint density at radius 2 is 2.05 bits per heavy atom. The Morgan fingerprint density at radius 1 is 1.24 bits per heavy atom. The van der Waals surface area contributed by atoms with Crippen molar-refractivity contribution < 1.29 is 0 Å². The molecule has 1 fully saturated rings. The summed E-state index contributed by atoms with van der Waals surface area (Å²) >= 11 is 3.57. The molecule has 1 aromatic carbocycles. The van der Waals surface area contributed by atoms with Crippen LogP contribution in [0.25, 0.3) is 0 Å². The zero-order valence-electron chi connectivity index (χ0n) is 12.2. The molecule has 0 spiro atoms. The fourth-order valence-corrected chi connectivity index (χ4v) is 5.55. The highest BCUT2D eigenvalue weighted by Crippen LogP contribution is 2.43. The number of nitrogens with two attached hydrogens (primary N) is 1. The molecule has 0 radical (unpaired) electrons. The monoisotopic (exact) mass is 319 g/mol. The van der Waals surface area contributed by atoms with E-state index >= 15 is 0 Å². The maximum absolute atomic E-state index is 5.99. The summed E-state index contributed by atoms with van der Waals surface area (Å²) in [5.74, 6) is 1.25. The lowest BCUT2D eigenvalue weighted by molar-refractivity contribution is 0.344. The lowest BCUT2D eigenvalue weighted by Crippen LogP contribution is -2.31. The van der Waals surface area contributed by atoms with Crippen LogP contribution in [0.1, 0.15) is 35.8 Å². The maximum Gasteiger partial charge on any atom is 0.174 e. The van der Waals surface area contributed by atoms with Crippen LogP contribution in [0.5, 0.6) is 0 Å². The molecule has 3 nitrogen and oxygen atoms in total. The summed E-state index contributed by atoms with van der Waals surface area (Å²) < 4.78 is 1.09. The van der Waals surface area contributed by atoms with Gasteiger partial charge in [0, 0.05) is 5.25 Å². The molecule has 112 valence electrons. The third-order valence-corrected chi connectivity index (χ3v) is 6.60. The van der Waals surface area contributed by atoms with Crippen LogP contribution in [-0.2, 0) is 0 Å². The Labute approximate surface area is 134 Å². The van der Waals surface area contributed by atoms with E-state index in [1.165, 1.54) is 24.8 Å². The van der Waals surface area contributed by atoms with Crippen molar-refractivity contribution in [2.45, 2.75) is 41.7 Å². The summed E-state index contributed by atoms with van der Waals surface area (Å²) in [6, 6.07) is 10.9. The van der Waals surface area contributed by atoms with Gasteiger partial charge in [0.25, 0.3) is 0 Å². The number of hydrogen-bond donors (Lipinski definition) is 1. The highest BCUT2D eigenvalue weighted by molar-refractivity contribution is 8.01. The molecule has 0 amide bonds. The molecule has 1 aliphatic rings. The molecule has 5 heteroatoms. The maximum atomic E-state index is 5.99. The Kier molecular flexibility index (Phi) is 4.93. The standard InChI is InChI=1S/C16H21N3S2/c1-11-18-19-16(20-11)21-15-9-13(7-8-14(15)10-17)12-5-3-2-4-6-12/h2-6,13-15H,7-10,17H2,1H3. The first-order valence-corrected chi connectivity index (χ1v) is 9.17. The molecule has 2 N–H and O–H groups in total. The summed E-state index contributed by atoms with van der Waals surface area (Å²) in [4.78, 5) is 0. The van der Waals surface area contributed by atoms with Crippen molar-refractivity contribution in [3.8, 4) is 0 Å². The highest BCUT2D eigenvalue weighted by atomic mass is 32.2. The van der Waals surface area contributed by atoms with Gasteiger partial charge in [-0.05, 0) is 50.1 Å². The van der Waals surface area contributed by atoms with Crippen molar-refractivity contribution in [3.63, 3.8) is 0 Å². The molecule has 1 aliphatic carbocycles. The third-order valence-electron chi connectivity index (χ3n) is 4.26. The van der Waals surface area contributed by atoms with Gasteiger partial charge in [0.2, 0.25) is 0 Å². The number of nitrogens with zero attached hydrogens (tertiary/aromatic N) is 2. The second-order valence-corrected chi connectivity index (χ2v) is 8.33. The number of hydrogen-bond acceptors (Lipinski definition) is 5. The molecule has 0 bridgehead atoms. The predicted molar refractivity (Wildman–Crippen MR) is 89.9 cm³/mol. The van der Waals surface area contributed by atoms with E-state index in [-0.39, 0.29) is 0 Å². The van der Waals surface area contributed by atoms with E-state index in [0.29, 0.717) is 17.1 Å². The molecule has 3 atom stereocenters. The van der Waals surface area contributed by atoms with E-state index < -0.39 is 0 Å². The zero-order valence-corrected chi connectivity index (χ0v) is 13.9. The van der Waals surface area contributed by atoms with Crippen molar-refractivity contribution in [1.82, 2.24) is 10.2 Å². The quantitative estimate of drug-likeness (QED) is 0.930. The minimum Gasteiger partial charge on any atom is -0.330 e. The minimum absolute atomic E-state index is 0.557. The van der Waals surface area contributed by atoms with Gasteiger partial charge in [-0.3, -0.25) is 0 Å². The molecular weight excluding hydrogens is 298 g/mol. The van der Waals surface area contributed by atoms with Crippen LogP contribution in [0.4, 0.5) is 0 Å². The number of aryl methyl sites for hydroxylation is 1. The van der Waals surface area contributed by atoms with Crippen molar-refractivity contribution in [2.75, 3.05) is 6.54 Å². The van der Waals surface area contributed by atoms with Crippen molar-refractivity contribution in [1.29, 1.82) is 0 Å². The SMILES string of the molecule is Cc1nnc(SC2CC(c3ccccc3)CCC2CN)s1. The fraction of sp³-hybridized carbons (Fsp3) is 0.500. The summed E-state index contributed by atoms with van der Waals surface area (Å²) in [7, 11) is 0. The van der Waals surface area contributed by atoms with Crippen molar-refractivity contribution in [2.24, 2.45) is 11.7 Å². The molecule has 1 saturated carbocycles. The second-order valence-electron chi connectivity index (χ2n) is 5.66. The Bertz CT molecular complexity index is 570. The number of aromatic nitrogens is 2. The van der Waals surface area contributed by atoms with Crippen LogP contribution in [0.3, 0.4) is 0 Å². The van der Waals surface area contributed by atoms with E-state index in [0.717, 1.165) is 15.9 Å². The van der Waals surface area contributed by atoms with Gasteiger partial charge in [-0.1, -0.05) is 53.4 Å². The summed E-state index contributed by atoms with van der Waals surface area (Å²) in [5.41, 5.74) is 7.46. The van der Waals surface area contributed by atoms with E-state index in [9.17, 15) is 0 Å². The van der Waals surface area contributed by atoms with E-state index in [1.54, 1.807) is 11.3 Å². The van der Waals surface area contributed by atoms with Crippen LogP contribution < -0.4 is 5.73 Å². The first-order valence-electron chi connectivity index (χ1n) is 7.48. The molecule has 1 aromatic heterocycles. The van der Waals surface area contributed by atoms with Crippen LogP contribution in [0.15, 0.2) is 34.7 Å². The normalized spacial score (nSPS) is 25.9. The van der Waals surface area contributed by atoms with Gasteiger partial charge < -0.3 is 5.73 Å². The number of benzene rings is 1. The second kappa shape index (κ2) is 6.90. The van der Waals surface area contributed by atoms with Gasteiger partial charge in [-0.15, -0.1) is 10.2 Å². The smallest absolute Gasteiger partial charge is 0.174 e. The lowest BCUT2D eigenvalue weighted by atomic mass is 9.78. The Hall–Kier alpha value is -0.910. The number of thioether (sulfide) groups is 1. The Morgan fingerprint density at radius 3 is 2.71 bits per heavy atom. The molecule has 2 aromatic rings. The summed E-state index contributed by atoms with van der Waals surface area (Å²) in [6.07, 6.45) is 3.65. The first kappa shape index (κ1) is 15.0. The average Bonchev–Trinajstić information content (AvgIpc) is 2.93. The molecule has 21 heavy (non-hydrogen) atoms. The number of rotatable bonds is 4. The van der Waals surface area contributed by atoms with Gasteiger partial charge in [-0.25, -0.2) is 0 Å². The van der Waals surface area contributed by atoms with Crippen LogP contribution in [0.2, 0.25) is 0 Å². The molecule has 3 unspecified atom stereocenters. The predicted octanol–water partition coefficient (Wildman–Crippen LogP) is 3.85. The highest BCUT2D eigenvalue weighted by Gasteiger charge is 2.31. The van der Waals surface area contributed by atoms with Gasteiger partial charge >= 0.3 is 0 Å². The lowest BCUT2D eigenvalue weighted by Gasteiger charge is -2.35. The van der Waals surface area contributed by atoms with E-state index in [4.69, 9.17) is 5.73 Å².